The van der Waals surface area contributed by atoms with Gasteiger partial charge >= 0.3 is 0 Å². The molecule has 0 aromatic heterocycles. The molecule has 0 radical (unpaired) electrons. The zero-order valence-electron chi connectivity index (χ0n) is 8.12. The highest BCUT2D eigenvalue weighted by atomic mass is 32.2. The Balaban J connectivity index is 2.90. The topological polar surface area (TPSA) is 40.9 Å². The monoisotopic (exact) mass is 207 g/mol. The van der Waals surface area contributed by atoms with E-state index in [4.69, 9.17) is 5.41 Å². The van der Waals surface area contributed by atoms with E-state index in [1.54, 1.807) is 17.8 Å². The third-order valence-corrected chi connectivity index (χ3v) is 2.80. The normalized spacial score (nSPS) is 9.79. The Morgan fingerprint density at radius 3 is 2.86 bits per heavy atom. The second kappa shape index (κ2) is 5.60. The Labute approximate surface area is 88.2 Å². The van der Waals surface area contributed by atoms with Gasteiger partial charge in [0.25, 0.3) is 0 Å². The van der Waals surface area contributed by atoms with Gasteiger partial charge in [-0.05, 0) is 11.3 Å². The zero-order valence-corrected chi connectivity index (χ0v) is 8.93. The number of hydrogen-bond acceptors (Lipinski definition) is 3. The van der Waals surface area contributed by atoms with Crippen molar-refractivity contribution >= 4 is 23.8 Å². The summed E-state index contributed by atoms with van der Waals surface area (Å²) in [4.78, 5) is 11.3. The van der Waals surface area contributed by atoms with Gasteiger partial charge < -0.3 is 5.41 Å². The van der Waals surface area contributed by atoms with Crippen LogP contribution in [-0.2, 0) is 5.75 Å². The van der Waals surface area contributed by atoms with Crippen molar-refractivity contribution in [2.45, 2.75) is 12.7 Å². The summed E-state index contributed by atoms with van der Waals surface area (Å²) in [5, 5.41) is 6.94. The molecule has 0 spiro atoms. The molecule has 1 N–H and O–H groups in total. The number of carbonyl (C=O) groups excluding carboxylic acids is 1. The molecule has 0 aliphatic heterocycles. The van der Waals surface area contributed by atoms with Gasteiger partial charge in [0.2, 0.25) is 5.78 Å². The van der Waals surface area contributed by atoms with Crippen LogP contribution in [-0.4, -0.2) is 17.8 Å². The summed E-state index contributed by atoms with van der Waals surface area (Å²) >= 11 is 1.78. The smallest absolute Gasteiger partial charge is 0.203 e. The lowest BCUT2D eigenvalue weighted by Gasteiger charge is -2.04. The molecule has 1 rings (SSSR count). The molecule has 74 valence electrons. The molecular formula is C11H13NOS. The summed E-state index contributed by atoms with van der Waals surface area (Å²) < 4.78 is 0. The molecular weight excluding hydrogens is 194 g/mol. The Bertz CT molecular complexity index is 336. The van der Waals surface area contributed by atoms with Gasteiger partial charge in [-0.2, -0.15) is 11.8 Å². The third-order valence-electron chi connectivity index (χ3n) is 1.88. The third kappa shape index (κ3) is 2.70. The summed E-state index contributed by atoms with van der Waals surface area (Å²) in [6.45, 7) is 2.09. The number of ketones is 1. The number of hydrogen-bond donors (Lipinski definition) is 1. The molecule has 0 bridgehead atoms. The maximum atomic E-state index is 11.3. The lowest BCUT2D eigenvalue weighted by molar-refractivity contribution is 0.106. The molecule has 0 saturated heterocycles. The van der Waals surface area contributed by atoms with E-state index in [1.807, 2.05) is 18.2 Å². The largest absolute Gasteiger partial charge is 0.305 e. The quantitative estimate of drug-likeness (QED) is 0.595. The lowest BCUT2D eigenvalue weighted by Crippen LogP contribution is -2.03. The summed E-state index contributed by atoms with van der Waals surface area (Å²) in [6.07, 6.45) is 0.870. The van der Waals surface area contributed by atoms with Gasteiger partial charge in [-0.3, -0.25) is 4.79 Å². The van der Waals surface area contributed by atoms with Crippen LogP contribution < -0.4 is 0 Å². The first kappa shape index (κ1) is 11.0. The zero-order chi connectivity index (χ0) is 10.4. The van der Waals surface area contributed by atoms with Crippen molar-refractivity contribution < 1.29 is 4.79 Å². The minimum Gasteiger partial charge on any atom is -0.305 e. The minimum absolute atomic E-state index is 0.211. The lowest BCUT2D eigenvalue weighted by atomic mass is 10.1. The summed E-state index contributed by atoms with van der Waals surface area (Å²) in [5.74, 6) is 1.66. The van der Waals surface area contributed by atoms with Crippen LogP contribution in [0.1, 0.15) is 22.8 Å². The molecule has 0 aliphatic carbocycles. The second-order valence-corrected chi connectivity index (χ2v) is 4.08. The Morgan fingerprint density at radius 1 is 1.50 bits per heavy atom. The van der Waals surface area contributed by atoms with Gasteiger partial charge in [-0.1, -0.05) is 31.2 Å². The summed E-state index contributed by atoms with van der Waals surface area (Å²) in [7, 11) is 0. The number of Topliss-reactive ketones (excluding diaryl/α,β-unsaturated/α-hetero) is 1. The average molecular weight is 207 g/mol. The molecule has 0 atom stereocenters. The summed E-state index contributed by atoms with van der Waals surface area (Å²) in [6, 6.07) is 7.47. The van der Waals surface area contributed by atoms with Gasteiger partial charge in [-0.25, -0.2) is 0 Å². The minimum atomic E-state index is -0.211. The number of rotatable bonds is 5. The van der Waals surface area contributed by atoms with Crippen LogP contribution in [0.4, 0.5) is 0 Å². The maximum absolute atomic E-state index is 11.3. The van der Waals surface area contributed by atoms with Crippen molar-refractivity contribution in [2.24, 2.45) is 0 Å². The molecule has 0 unspecified atom stereocenters. The predicted octanol–water partition coefficient (Wildman–Crippen LogP) is 2.77. The number of thioether (sulfide) groups is 1. The molecule has 0 amide bonds. The number of benzene rings is 1. The molecule has 0 aliphatic rings. The summed E-state index contributed by atoms with van der Waals surface area (Å²) in [5.41, 5.74) is 1.68. The van der Waals surface area contributed by atoms with Crippen molar-refractivity contribution in [1.82, 2.24) is 0 Å². The average Bonchev–Trinajstić information content (AvgIpc) is 2.25. The molecule has 2 nitrogen and oxygen atoms in total. The highest BCUT2D eigenvalue weighted by Gasteiger charge is 2.07. The van der Waals surface area contributed by atoms with Crippen LogP contribution in [0.2, 0.25) is 0 Å². The molecule has 3 heteroatoms. The van der Waals surface area contributed by atoms with E-state index in [-0.39, 0.29) is 5.78 Å². The van der Waals surface area contributed by atoms with Gasteiger partial charge in [0.1, 0.15) is 0 Å². The van der Waals surface area contributed by atoms with Crippen molar-refractivity contribution in [3.8, 4) is 0 Å². The first-order valence-corrected chi connectivity index (χ1v) is 5.65. The van der Waals surface area contributed by atoms with Crippen LogP contribution in [0, 0.1) is 5.41 Å². The maximum Gasteiger partial charge on any atom is 0.203 e. The fourth-order valence-electron chi connectivity index (χ4n) is 1.18. The van der Waals surface area contributed by atoms with Gasteiger partial charge in [0.15, 0.2) is 0 Å². The van der Waals surface area contributed by atoms with E-state index in [0.29, 0.717) is 5.56 Å². The van der Waals surface area contributed by atoms with Crippen LogP contribution >= 0.6 is 11.8 Å². The molecule has 0 saturated carbocycles. The van der Waals surface area contributed by atoms with E-state index < -0.39 is 0 Å². The van der Waals surface area contributed by atoms with Crippen molar-refractivity contribution in [2.75, 3.05) is 5.75 Å². The predicted molar refractivity (Wildman–Crippen MR) is 61.4 cm³/mol. The van der Waals surface area contributed by atoms with Crippen LogP contribution in [0.5, 0.6) is 0 Å². The second-order valence-electron chi connectivity index (χ2n) is 2.80. The van der Waals surface area contributed by atoms with Gasteiger partial charge in [0, 0.05) is 11.3 Å². The first-order valence-electron chi connectivity index (χ1n) is 4.50. The van der Waals surface area contributed by atoms with Crippen molar-refractivity contribution in [3.05, 3.63) is 35.4 Å². The highest BCUT2D eigenvalue weighted by molar-refractivity contribution is 7.98. The van der Waals surface area contributed by atoms with E-state index in [2.05, 4.69) is 6.92 Å². The van der Waals surface area contributed by atoms with Crippen LogP contribution in [0.25, 0.3) is 0 Å². The SMILES string of the molecule is CCSCc1ccccc1C(=O)C=N. The standard InChI is InChI=1S/C11H13NOS/c1-2-14-8-9-5-3-4-6-10(9)11(13)7-12/h3-7,12H,2,8H2,1H3. The number of nitrogens with one attached hydrogen (secondary N) is 1. The van der Waals surface area contributed by atoms with Gasteiger partial charge in [0.05, 0.1) is 6.21 Å². The van der Waals surface area contributed by atoms with Crippen molar-refractivity contribution in [3.63, 3.8) is 0 Å². The first-order chi connectivity index (χ1) is 6.79. The highest BCUT2D eigenvalue weighted by Crippen LogP contribution is 2.16. The van der Waals surface area contributed by atoms with Crippen molar-refractivity contribution in [1.29, 1.82) is 5.41 Å². The number of carbonyl (C=O) groups is 1. The Morgan fingerprint density at radius 2 is 2.21 bits per heavy atom. The molecule has 0 heterocycles. The van der Waals surface area contributed by atoms with Crippen LogP contribution in [0.15, 0.2) is 24.3 Å². The fourth-order valence-corrected chi connectivity index (χ4v) is 1.85. The van der Waals surface area contributed by atoms with E-state index in [1.165, 1.54) is 0 Å². The molecule has 0 fully saturated rings. The fraction of sp³-hybridized carbons (Fsp3) is 0.273. The van der Waals surface area contributed by atoms with E-state index in [9.17, 15) is 4.79 Å². The molecule has 1 aromatic carbocycles. The molecule has 1 aromatic rings. The molecule has 14 heavy (non-hydrogen) atoms. The Hall–Kier alpha value is -1.09. The Kier molecular flexibility index (Phi) is 4.40. The van der Waals surface area contributed by atoms with E-state index >= 15 is 0 Å². The van der Waals surface area contributed by atoms with Gasteiger partial charge in [-0.15, -0.1) is 0 Å². The van der Waals surface area contributed by atoms with E-state index in [0.717, 1.165) is 23.3 Å². The van der Waals surface area contributed by atoms with Crippen LogP contribution in [0.3, 0.4) is 0 Å².